The minimum Gasteiger partial charge on any atom is -0.492 e. The predicted molar refractivity (Wildman–Crippen MR) is 117 cm³/mol. The number of hydrogen-bond acceptors (Lipinski definition) is 4. The van der Waals surface area contributed by atoms with Crippen molar-refractivity contribution >= 4 is 35.8 Å². The zero-order chi connectivity index (χ0) is 19.1. The SMILES string of the molecule is CN=C(NCCOc1ccc(F)c(F)c1)N1CCN(c2ccccn2)CC1.I. The molecular formula is C19H24F2IN5O. The Balaban J connectivity index is 0.00000280. The van der Waals surface area contributed by atoms with Crippen molar-refractivity contribution in [3.05, 3.63) is 54.2 Å². The first kappa shape index (κ1) is 22.1. The molecule has 0 atom stereocenters. The molecule has 0 aliphatic carbocycles. The van der Waals surface area contributed by atoms with E-state index in [0.717, 1.165) is 50.1 Å². The second-order valence-corrected chi connectivity index (χ2v) is 6.06. The van der Waals surface area contributed by atoms with E-state index in [1.165, 1.54) is 6.07 Å². The van der Waals surface area contributed by atoms with Crippen molar-refractivity contribution in [3.8, 4) is 5.75 Å². The van der Waals surface area contributed by atoms with Crippen LogP contribution in [0.1, 0.15) is 0 Å². The van der Waals surface area contributed by atoms with Crippen molar-refractivity contribution in [2.45, 2.75) is 0 Å². The molecule has 2 heterocycles. The molecule has 1 fully saturated rings. The third kappa shape index (κ3) is 5.91. The van der Waals surface area contributed by atoms with Gasteiger partial charge in [0.05, 0.1) is 6.54 Å². The molecule has 9 heteroatoms. The molecule has 1 aliphatic heterocycles. The van der Waals surface area contributed by atoms with Crippen LogP contribution in [0.4, 0.5) is 14.6 Å². The third-order valence-corrected chi connectivity index (χ3v) is 4.31. The van der Waals surface area contributed by atoms with Gasteiger partial charge in [0.2, 0.25) is 0 Å². The van der Waals surface area contributed by atoms with Crippen molar-refractivity contribution in [2.75, 3.05) is 51.3 Å². The molecule has 0 saturated carbocycles. The Morgan fingerprint density at radius 2 is 1.93 bits per heavy atom. The van der Waals surface area contributed by atoms with Gasteiger partial charge in [0.1, 0.15) is 18.2 Å². The number of aromatic nitrogens is 1. The summed E-state index contributed by atoms with van der Waals surface area (Å²) in [6.07, 6.45) is 1.80. The normalized spacial score (nSPS) is 14.5. The molecule has 0 radical (unpaired) electrons. The van der Waals surface area contributed by atoms with E-state index >= 15 is 0 Å². The van der Waals surface area contributed by atoms with Crippen LogP contribution in [-0.4, -0.2) is 62.2 Å². The fourth-order valence-corrected chi connectivity index (χ4v) is 2.92. The van der Waals surface area contributed by atoms with Crippen LogP contribution in [0.15, 0.2) is 47.6 Å². The maximum atomic E-state index is 13.2. The number of nitrogens with zero attached hydrogens (tertiary/aromatic N) is 4. The second-order valence-electron chi connectivity index (χ2n) is 6.06. The van der Waals surface area contributed by atoms with E-state index < -0.39 is 11.6 Å². The topological polar surface area (TPSA) is 53.0 Å². The van der Waals surface area contributed by atoms with Crippen LogP contribution in [0.3, 0.4) is 0 Å². The van der Waals surface area contributed by atoms with E-state index in [1.807, 2.05) is 18.2 Å². The van der Waals surface area contributed by atoms with Gasteiger partial charge in [-0.15, -0.1) is 24.0 Å². The number of piperazine rings is 1. The maximum absolute atomic E-state index is 13.2. The number of guanidine groups is 1. The van der Waals surface area contributed by atoms with Crippen molar-refractivity contribution in [3.63, 3.8) is 0 Å². The number of aliphatic imine (C=N–C) groups is 1. The average molecular weight is 503 g/mol. The minimum absolute atomic E-state index is 0. The number of anilines is 1. The van der Waals surface area contributed by atoms with Crippen LogP contribution in [0.2, 0.25) is 0 Å². The fraction of sp³-hybridized carbons (Fsp3) is 0.368. The van der Waals surface area contributed by atoms with Gasteiger partial charge in [-0.3, -0.25) is 4.99 Å². The lowest BCUT2D eigenvalue weighted by atomic mass is 10.3. The molecule has 0 spiro atoms. The molecule has 1 aromatic heterocycles. The molecular weight excluding hydrogens is 479 g/mol. The summed E-state index contributed by atoms with van der Waals surface area (Å²) < 4.78 is 31.5. The lowest BCUT2D eigenvalue weighted by Gasteiger charge is -2.37. The van der Waals surface area contributed by atoms with Gasteiger partial charge >= 0.3 is 0 Å². The van der Waals surface area contributed by atoms with Gasteiger partial charge in [-0.05, 0) is 24.3 Å². The standard InChI is InChI=1S/C19H23F2N5O.HI/c1-22-19(24-8-13-27-15-5-6-16(20)17(21)14-15)26-11-9-25(10-12-26)18-4-2-3-7-23-18;/h2-7,14H,8-13H2,1H3,(H,22,24);1H. The van der Waals surface area contributed by atoms with E-state index in [0.29, 0.717) is 18.9 Å². The summed E-state index contributed by atoms with van der Waals surface area (Å²) in [6, 6.07) is 9.41. The Labute approximate surface area is 180 Å². The number of rotatable bonds is 5. The molecule has 2 aromatic rings. The van der Waals surface area contributed by atoms with Gasteiger partial charge in [0.25, 0.3) is 0 Å². The Hall–Kier alpha value is -2.17. The first-order chi connectivity index (χ1) is 13.2. The summed E-state index contributed by atoms with van der Waals surface area (Å²) in [7, 11) is 1.74. The number of nitrogens with one attached hydrogen (secondary N) is 1. The van der Waals surface area contributed by atoms with Crippen molar-refractivity contribution in [1.82, 2.24) is 15.2 Å². The number of pyridine rings is 1. The summed E-state index contributed by atoms with van der Waals surface area (Å²) in [4.78, 5) is 13.1. The van der Waals surface area contributed by atoms with Crippen LogP contribution in [0.5, 0.6) is 5.75 Å². The maximum Gasteiger partial charge on any atom is 0.193 e. The Morgan fingerprint density at radius 3 is 2.57 bits per heavy atom. The number of halogens is 3. The largest absolute Gasteiger partial charge is 0.492 e. The van der Waals surface area contributed by atoms with Gasteiger partial charge in [-0.25, -0.2) is 13.8 Å². The number of benzene rings is 1. The van der Waals surface area contributed by atoms with Crippen LogP contribution >= 0.6 is 24.0 Å². The van der Waals surface area contributed by atoms with Gasteiger partial charge in [0, 0.05) is 45.5 Å². The summed E-state index contributed by atoms with van der Waals surface area (Å²) in [5.74, 6) is 0.284. The lowest BCUT2D eigenvalue weighted by Crippen LogP contribution is -2.53. The van der Waals surface area contributed by atoms with Crippen LogP contribution in [0.25, 0.3) is 0 Å². The summed E-state index contributed by atoms with van der Waals surface area (Å²) in [5, 5.41) is 3.24. The molecule has 28 heavy (non-hydrogen) atoms. The van der Waals surface area contributed by atoms with E-state index in [1.54, 1.807) is 13.2 Å². The number of ether oxygens (including phenoxy) is 1. The van der Waals surface area contributed by atoms with E-state index in [4.69, 9.17) is 4.74 Å². The summed E-state index contributed by atoms with van der Waals surface area (Å²) >= 11 is 0. The highest BCUT2D eigenvalue weighted by Gasteiger charge is 2.20. The fourth-order valence-electron chi connectivity index (χ4n) is 2.92. The van der Waals surface area contributed by atoms with Gasteiger partial charge in [0.15, 0.2) is 17.6 Å². The molecule has 0 unspecified atom stereocenters. The summed E-state index contributed by atoms with van der Waals surface area (Å²) in [6.45, 7) is 4.22. The van der Waals surface area contributed by atoms with E-state index in [-0.39, 0.29) is 24.0 Å². The molecule has 6 nitrogen and oxygen atoms in total. The lowest BCUT2D eigenvalue weighted by molar-refractivity contribution is 0.312. The van der Waals surface area contributed by atoms with E-state index in [2.05, 4.69) is 25.1 Å². The zero-order valence-electron chi connectivity index (χ0n) is 15.6. The molecule has 1 aromatic carbocycles. The average Bonchev–Trinajstić information content (AvgIpc) is 2.71. The first-order valence-electron chi connectivity index (χ1n) is 8.87. The Morgan fingerprint density at radius 1 is 1.14 bits per heavy atom. The molecule has 152 valence electrons. The highest BCUT2D eigenvalue weighted by Crippen LogP contribution is 2.15. The van der Waals surface area contributed by atoms with Crippen LogP contribution < -0.4 is 15.0 Å². The highest BCUT2D eigenvalue weighted by molar-refractivity contribution is 14.0. The smallest absolute Gasteiger partial charge is 0.193 e. The van der Waals surface area contributed by atoms with Gasteiger partial charge < -0.3 is 19.9 Å². The van der Waals surface area contributed by atoms with Gasteiger partial charge in [-0.1, -0.05) is 6.07 Å². The predicted octanol–water partition coefficient (Wildman–Crippen LogP) is 2.75. The van der Waals surface area contributed by atoms with Crippen molar-refractivity contribution in [2.24, 2.45) is 4.99 Å². The third-order valence-electron chi connectivity index (χ3n) is 4.31. The van der Waals surface area contributed by atoms with Gasteiger partial charge in [-0.2, -0.15) is 0 Å². The second kappa shape index (κ2) is 11.0. The molecule has 1 saturated heterocycles. The molecule has 3 rings (SSSR count). The molecule has 1 aliphatic rings. The molecule has 1 N–H and O–H groups in total. The number of hydrogen-bond donors (Lipinski definition) is 1. The Kier molecular flexibility index (Phi) is 8.68. The highest BCUT2D eigenvalue weighted by atomic mass is 127. The monoisotopic (exact) mass is 503 g/mol. The van der Waals surface area contributed by atoms with Crippen molar-refractivity contribution in [1.29, 1.82) is 0 Å². The first-order valence-corrected chi connectivity index (χ1v) is 8.87. The van der Waals surface area contributed by atoms with Crippen LogP contribution in [0, 0.1) is 11.6 Å². The van der Waals surface area contributed by atoms with Crippen molar-refractivity contribution < 1.29 is 13.5 Å². The zero-order valence-corrected chi connectivity index (χ0v) is 18.0. The molecule has 0 amide bonds. The van der Waals surface area contributed by atoms with Crippen LogP contribution in [-0.2, 0) is 0 Å². The van der Waals surface area contributed by atoms with E-state index in [9.17, 15) is 8.78 Å². The molecule has 0 bridgehead atoms. The quantitative estimate of drug-likeness (QED) is 0.295. The summed E-state index contributed by atoms with van der Waals surface area (Å²) in [5.41, 5.74) is 0. The minimum atomic E-state index is -0.915. The Bertz CT molecular complexity index is 770.